The topological polar surface area (TPSA) is 61.0 Å². The summed E-state index contributed by atoms with van der Waals surface area (Å²) in [5.74, 6) is -0.392. The Morgan fingerprint density at radius 2 is 1.60 bits per heavy atom. The van der Waals surface area contributed by atoms with Crippen LogP contribution in [-0.2, 0) is 0 Å². The summed E-state index contributed by atoms with van der Waals surface area (Å²) in [5, 5.41) is 18.1. The summed E-state index contributed by atoms with van der Waals surface area (Å²) in [4.78, 5) is 13.1. The number of hydrogen-bond donors (Lipinski definition) is 0. The maximum atomic E-state index is 13.4. The minimum atomic E-state index is -0.392. The van der Waals surface area contributed by atoms with Gasteiger partial charge in [-0.15, -0.1) is 0 Å². The van der Waals surface area contributed by atoms with Crippen molar-refractivity contribution in [1.82, 2.24) is 9.78 Å². The zero-order valence-corrected chi connectivity index (χ0v) is 16.6. The molecule has 0 amide bonds. The van der Waals surface area contributed by atoms with E-state index in [0.29, 0.717) is 27.7 Å². The lowest BCUT2D eigenvalue weighted by Gasteiger charge is -2.13. The van der Waals surface area contributed by atoms with Gasteiger partial charge in [-0.1, -0.05) is 36.4 Å². The molecule has 0 spiro atoms. The number of hydrogen-bond acceptors (Lipinski definition) is 3. The zero-order valence-electron chi connectivity index (χ0n) is 16.6. The van der Waals surface area contributed by atoms with Crippen molar-refractivity contribution in [2.24, 2.45) is 0 Å². The molecule has 5 nitrogen and oxygen atoms in total. The van der Waals surface area contributed by atoms with Crippen LogP contribution in [0.1, 0.15) is 19.4 Å². The lowest BCUT2D eigenvalue weighted by Crippen LogP contribution is -2.22. The van der Waals surface area contributed by atoms with Crippen molar-refractivity contribution in [3.63, 3.8) is 0 Å². The van der Waals surface area contributed by atoms with Gasteiger partial charge in [0.1, 0.15) is 11.5 Å². The minimum Gasteiger partial charge on any atom is -0.624 e. The Kier molecular flexibility index (Phi) is 5.14. The molecule has 4 rings (SSSR count). The smallest absolute Gasteiger partial charge is 0.279 e. The van der Waals surface area contributed by atoms with Crippen molar-refractivity contribution in [3.05, 3.63) is 99.7 Å². The molecule has 0 aliphatic carbocycles. The minimum absolute atomic E-state index is 0.212. The third-order valence-corrected chi connectivity index (χ3v) is 4.87. The fraction of sp³-hybridized carbons (Fsp3) is 0.125. The molecule has 0 unspecified atom stereocenters. The summed E-state index contributed by atoms with van der Waals surface area (Å²) in [6, 6.07) is 20.0. The summed E-state index contributed by atoms with van der Waals surface area (Å²) in [7, 11) is 0. The Labute approximate surface area is 172 Å². The number of halogens is 1. The molecule has 0 radical (unpaired) electrons. The van der Waals surface area contributed by atoms with E-state index in [4.69, 9.17) is 0 Å². The molecule has 0 saturated heterocycles. The van der Waals surface area contributed by atoms with Crippen LogP contribution in [0.5, 0.6) is 0 Å². The van der Waals surface area contributed by atoms with Crippen molar-refractivity contribution in [3.8, 4) is 16.9 Å². The first-order chi connectivity index (χ1) is 14.5. The molecule has 0 saturated carbocycles. The van der Waals surface area contributed by atoms with E-state index in [0.717, 1.165) is 10.3 Å². The van der Waals surface area contributed by atoms with Gasteiger partial charge in [-0.2, -0.15) is 9.78 Å². The van der Waals surface area contributed by atoms with Crippen LogP contribution in [0.4, 0.5) is 4.39 Å². The first kappa shape index (κ1) is 19.5. The lowest BCUT2D eigenvalue weighted by molar-refractivity contribution is -0.487. The molecule has 0 aliphatic rings. The molecule has 0 N–H and O–H groups in total. The highest BCUT2D eigenvalue weighted by molar-refractivity contribution is 5.98. The second-order valence-electron chi connectivity index (χ2n) is 7.26. The van der Waals surface area contributed by atoms with E-state index in [1.54, 1.807) is 12.1 Å². The molecule has 3 aromatic carbocycles. The van der Waals surface area contributed by atoms with E-state index in [1.165, 1.54) is 35.2 Å². The standard InChI is InChI=1S/C24H20FN3O2/c1-16(2)27(30)15-17-7-3-4-8-20(17)23-21-9-5-6-10-22(21)24(29)28(26-23)19-13-11-18(25)12-14-19/h3-16H,1-2H3/b27-15-. The molecule has 1 heterocycles. The van der Waals surface area contributed by atoms with Crippen LogP contribution >= 0.6 is 0 Å². The molecule has 0 aliphatic heterocycles. The lowest BCUT2D eigenvalue weighted by atomic mass is 10.0. The van der Waals surface area contributed by atoms with Gasteiger partial charge in [-0.05, 0) is 50.2 Å². The van der Waals surface area contributed by atoms with Gasteiger partial charge >= 0.3 is 0 Å². The van der Waals surface area contributed by atoms with E-state index in [9.17, 15) is 14.4 Å². The Balaban J connectivity index is 2.04. The van der Waals surface area contributed by atoms with Crippen molar-refractivity contribution in [2.75, 3.05) is 0 Å². The molecule has 1 aromatic heterocycles. The van der Waals surface area contributed by atoms with Gasteiger partial charge in [0.25, 0.3) is 5.56 Å². The molecule has 150 valence electrons. The fourth-order valence-electron chi connectivity index (χ4n) is 3.26. The van der Waals surface area contributed by atoms with Gasteiger partial charge in [0.05, 0.1) is 11.1 Å². The Hall–Kier alpha value is -3.80. The predicted octanol–water partition coefficient (Wildman–Crippen LogP) is 4.53. The van der Waals surface area contributed by atoms with Crippen molar-refractivity contribution in [2.45, 2.75) is 19.9 Å². The molecule has 0 bridgehead atoms. The molecular formula is C24H20FN3O2. The van der Waals surface area contributed by atoms with Crippen LogP contribution in [0, 0.1) is 11.0 Å². The van der Waals surface area contributed by atoms with Crippen LogP contribution in [0.25, 0.3) is 27.7 Å². The van der Waals surface area contributed by atoms with Crippen molar-refractivity contribution >= 4 is 17.0 Å². The summed E-state index contributed by atoms with van der Waals surface area (Å²) in [6.07, 6.45) is 1.53. The third kappa shape index (κ3) is 3.59. The first-order valence-electron chi connectivity index (χ1n) is 9.63. The van der Waals surface area contributed by atoms with Gasteiger partial charge < -0.3 is 5.21 Å². The maximum Gasteiger partial charge on any atom is 0.279 e. The van der Waals surface area contributed by atoms with Gasteiger partial charge in [0, 0.05) is 16.5 Å². The van der Waals surface area contributed by atoms with Crippen LogP contribution in [0.3, 0.4) is 0 Å². The normalized spacial score (nSPS) is 11.9. The molecule has 0 fully saturated rings. The average Bonchev–Trinajstić information content (AvgIpc) is 2.75. The van der Waals surface area contributed by atoms with Gasteiger partial charge in [-0.25, -0.2) is 9.13 Å². The van der Waals surface area contributed by atoms with Crippen LogP contribution in [0.2, 0.25) is 0 Å². The van der Waals surface area contributed by atoms with E-state index >= 15 is 0 Å². The SMILES string of the molecule is CC(C)/[N+]([O-])=C/c1ccccc1-c1nn(-c2ccc(F)cc2)c(=O)c2ccccc12. The van der Waals surface area contributed by atoms with E-state index < -0.39 is 5.82 Å². The van der Waals surface area contributed by atoms with Crippen LogP contribution in [-0.4, -0.2) is 26.8 Å². The average molecular weight is 401 g/mol. The van der Waals surface area contributed by atoms with Gasteiger partial charge in [-0.3, -0.25) is 4.79 Å². The zero-order chi connectivity index (χ0) is 21.3. The molecular weight excluding hydrogens is 381 g/mol. The first-order valence-corrected chi connectivity index (χ1v) is 9.63. The Morgan fingerprint density at radius 1 is 0.967 bits per heavy atom. The number of fused-ring (bicyclic) bond motifs is 1. The van der Waals surface area contributed by atoms with Gasteiger partial charge in [0.15, 0.2) is 12.3 Å². The van der Waals surface area contributed by atoms with Crippen LogP contribution < -0.4 is 5.56 Å². The fourth-order valence-corrected chi connectivity index (χ4v) is 3.26. The van der Waals surface area contributed by atoms with Crippen molar-refractivity contribution < 1.29 is 9.13 Å². The number of benzene rings is 3. The maximum absolute atomic E-state index is 13.4. The highest BCUT2D eigenvalue weighted by Gasteiger charge is 2.16. The molecule has 30 heavy (non-hydrogen) atoms. The highest BCUT2D eigenvalue weighted by atomic mass is 19.1. The van der Waals surface area contributed by atoms with Gasteiger partial charge in [0.2, 0.25) is 0 Å². The largest absolute Gasteiger partial charge is 0.624 e. The predicted molar refractivity (Wildman–Crippen MR) is 117 cm³/mol. The molecule has 6 heteroatoms. The summed E-state index contributed by atoms with van der Waals surface area (Å²) in [6.45, 7) is 3.63. The monoisotopic (exact) mass is 401 g/mol. The number of rotatable bonds is 4. The van der Waals surface area contributed by atoms with Crippen LogP contribution in [0.15, 0.2) is 77.6 Å². The second kappa shape index (κ2) is 7.91. The Morgan fingerprint density at radius 3 is 2.30 bits per heavy atom. The van der Waals surface area contributed by atoms with E-state index in [2.05, 4.69) is 5.10 Å². The number of aromatic nitrogens is 2. The summed E-state index contributed by atoms with van der Waals surface area (Å²) < 4.78 is 15.5. The summed E-state index contributed by atoms with van der Waals surface area (Å²) in [5.41, 5.74) is 2.16. The number of nitrogens with zero attached hydrogens (tertiary/aromatic N) is 3. The quantitative estimate of drug-likeness (QED) is 0.218. The van der Waals surface area contributed by atoms with E-state index in [1.807, 2.05) is 50.2 Å². The second-order valence-corrected chi connectivity index (χ2v) is 7.26. The molecule has 4 aromatic rings. The summed E-state index contributed by atoms with van der Waals surface area (Å²) >= 11 is 0. The van der Waals surface area contributed by atoms with Crippen molar-refractivity contribution in [1.29, 1.82) is 0 Å². The number of hydroxylamine groups is 1. The molecule has 0 atom stereocenters. The Bertz CT molecular complexity index is 1310. The van der Waals surface area contributed by atoms with E-state index in [-0.39, 0.29) is 11.6 Å². The third-order valence-electron chi connectivity index (χ3n) is 4.87. The highest BCUT2D eigenvalue weighted by Crippen LogP contribution is 2.27.